The second-order valence-corrected chi connectivity index (χ2v) is 6.61. The predicted octanol–water partition coefficient (Wildman–Crippen LogP) is 3.35. The zero-order valence-electron chi connectivity index (χ0n) is 14.6. The third kappa shape index (κ3) is 2.82. The molecular weight excluding hydrogens is 350 g/mol. The number of halogens is 1. The molecule has 0 aliphatic rings. The van der Waals surface area contributed by atoms with Crippen LogP contribution < -0.4 is 5.69 Å². The maximum absolute atomic E-state index is 12.8. The molecule has 0 aliphatic heterocycles. The van der Waals surface area contributed by atoms with E-state index in [0.717, 1.165) is 16.9 Å². The van der Waals surface area contributed by atoms with E-state index >= 15 is 0 Å². The van der Waals surface area contributed by atoms with Crippen molar-refractivity contribution >= 4 is 22.6 Å². The Bertz CT molecular complexity index is 1140. The lowest BCUT2D eigenvalue weighted by molar-refractivity contribution is 0.554. The second-order valence-electron chi connectivity index (χ2n) is 6.17. The summed E-state index contributed by atoms with van der Waals surface area (Å²) < 4.78 is 5.22. The molecule has 0 saturated carbocycles. The Morgan fingerprint density at radius 1 is 0.923 bits per heavy atom. The maximum Gasteiger partial charge on any atom is 0.350 e. The van der Waals surface area contributed by atoms with E-state index in [4.69, 9.17) is 11.6 Å². The molecular formula is C19H18ClN5O. The summed E-state index contributed by atoms with van der Waals surface area (Å²) in [6.07, 6.45) is 0. The van der Waals surface area contributed by atoms with Gasteiger partial charge in [0.25, 0.3) is 0 Å². The summed E-state index contributed by atoms with van der Waals surface area (Å²) in [5.41, 5.74) is 2.57. The lowest BCUT2D eigenvalue weighted by Gasteiger charge is -2.07. The van der Waals surface area contributed by atoms with Gasteiger partial charge in [0.05, 0.1) is 16.7 Å². The summed E-state index contributed by atoms with van der Waals surface area (Å²) in [4.78, 5) is 17.4. The van der Waals surface area contributed by atoms with Gasteiger partial charge in [-0.05, 0) is 50.2 Å². The fraction of sp³-hybridized carbons (Fsp3) is 0.211. The van der Waals surface area contributed by atoms with Crippen molar-refractivity contribution in [2.24, 2.45) is 0 Å². The molecule has 132 valence electrons. The Kier molecular flexibility index (Phi) is 4.12. The van der Waals surface area contributed by atoms with Crippen molar-refractivity contribution in [3.05, 3.63) is 75.7 Å². The molecule has 0 aliphatic carbocycles. The zero-order valence-corrected chi connectivity index (χ0v) is 15.3. The molecule has 7 heteroatoms. The van der Waals surface area contributed by atoms with Crippen LogP contribution in [0.5, 0.6) is 0 Å². The highest BCUT2D eigenvalue weighted by molar-refractivity contribution is 6.30. The first-order valence-corrected chi connectivity index (χ1v) is 8.76. The number of rotatable bonds is 4. The number of fused-ring (bicyclic) bond motifs is 1. The minimum atomic E-state index is -0.160. The average Bonchev–Trinajstić information content (AvgIpc) is 3.10. The summed E-state index contributed by atoms with van der Waals surface area (Å²) >= 11 is 5.92. The smallest absolute Gasteiger partial charge is 0.326 e. The van der Waals surface area contributed by atoms with Crippen molar-refractivity contribution in [1.82, 2.24) is 23.9 Å². The fourth-order valence-corrected chi connectivity index (χ4v) is 3.31. The van der Waals surface area contributed by atoms with Gasteiger partial charge in [-0.15, -0.1) is 0 Å². The number of aromatic nitrogens is 5. The summed E-state index contributed by atoms with van der Waals surface area (Å²) in [5.74, 6) is 1.61. The van der Waals surface area contributed by atoms with Crippen molar-refractivity contribution in [3.63, 3.8) is 0 Å². The Hall–Kier alpha value is -2.86. The third-order valence-corrected chi connectivity index (χ3v) is 4.76. The molecule has 2 aromatic carbocycles. The summed E-state index contributed by atoms with van der Waals surface area (Å²) in [5, 5.41) is 5.02. The largest absolute Gasteiger partial charge is 0.350 e. The highest BCUT2D eigenvalue weighted by Gasteiger charge is 2.13. The van der Waals surface area contributed by atoms with Gasteiger partial charge in [0, 0.05) is 18.1 Å². The molecule has 0 fully saturated rings. The van der Waals surface area contributed by atoms with Crippen LogP contribution in [0.3, 0.4) is 0 Å². The monoisotopic (exact) mass is 367 g/mol. The van der Waals surface area contributed by atoms with Gasteiger partial charge in [-0.2, -0.15) is 9.78 Å². The van der Waals surface area contributed by atoms with Gasteiger partial charge >= 0.3 is 5.69 Å². The third-order valence-electron chi connectivity index (χ3n) is 4.51. The fourth-order valence-electron chi connectivity index (χ4n) is 3.18. The molecule has 6 nitrogen and oxygen atoms in total. The Morgan fingerprint density at radius 3 is 2.38 bits per heavy atom. The van der Waals surface area contributed by atoms with Crippen LogP contribution in [0.25, 0.3) is 16.7 Å². The van der Waals surface area contributed by atoms with Crippen LogP contribution in [0.15, 0.2) is 53.3 Å². The summed E-state index contributed by atoms with van der Waals surface area (Å²) in [6, 6.07) is 15.1. The zero-order chi connectivity index (χ0) is 18.3. The quantitative estimate of drug-likeness (QED) is 0.555. The van der Waals surface area contributed by atoms with E-state index in [1.54, 1.807) is 28.8 Å². The average molecular weight is 368 g/mol. The number of benzene rings is 2. The van der Waals surface area contributed by atoms with Crippen LogP contribution in [-0.2, 0) is 13.1 Å². The van der Waals surface area contributed by atoms with Crippen LogP contribution in [0.1, 0.15) is 11.6 Å². The molecule has 2 aromatic heterocycles. The molecule has 4 aromatic rings. The molecule has 4 rings (SSSR count). The standard InChI is InChI=1S/C19H18ClN5O/c1-13-21-17-5-3-4-6-18(17)23(13)11-12-24-14(2)22-25(19(24)26)16-9-7-15(20)8-10-16/h3-10H,11-12H2,1-2H3. The van der Waals surface area contributed by atoms with Crippen LogP contribution in [0.2, 0.25) is 5.02 Å². The minimum Gasteiger partial charge on any atom is -0.326 e. The Morgan fingerprint density at radius 2 is 1.62 bits per heavy atom. The number of aryl methyl sites for hydroxylation is 3. The van der Waals surface area contributed by atoms with Gasteiger partial charge in [-0.1, -0.05) is 23.7 Å². The van der Waals surface area contributed by atoms with Crippen molar-refractivity contribution in [1.29, 1.82) is 0 Å². The van der Waals surface area contributed by atoms with Gasteiger partial charge in [0.1, 0.15) is 11.6 Å². The number of hydrogen-bond donors (Lipinski definition) is 0. The van der Waals surface area contributed by atoms with E-state index in [1.807, 2.05) is 38.1 Å². The highest BCUT2D eigenvalue weighted by Crippen LogP contribution is 2.16. The Balaban J connectivity index is 1.66. The lowest BCUT2D eigenvalue weighted by atomic mass is 10.3. The van der Waals surface area contributed by atoms with Gasteiger partial charge in [-0.25, -0.2) is 9.78 Å². The minimum absolute atomic E-state index is 0.160. The molecule has 0 saturated heterocycles. The van der Waals surface area contributed by atoms with Gasteiger partial charge < -0.3 is 4.57 Å². The van der Waals surface area contributed by atoms with Crippen molar-refractivity contribution in [2.75, 3.05) is 0 Å². The van der Waals surface area contributed by atoms with Crippen molar-refractivity contribution in [2.45, 2.75) is 26.9 Å². The van der Waals surface area contributed by atoms with E-state index < -0.39 is 0 Å². The maximum atomic E-state index is 12.8. The van der Waals surface area contributed by atoms with Crippen LogP contribution in [0, 0.1) is 13.8 Å². The first-order valence-electron chi connectivity index (χ1n) is 8.39. The summed E-state index contributed by atoms with van der Waals surface area (Å²) in [7, 11) is 0. The molecule has 0 bridgehead atoms. The number of nitrogens with zero attached hydrogens (tertiary/aromatic N) is 5. The molecule has 0 spiro atoms. The SMILES string of the molecule is Cc1nn(-c2ccc(Cl)cc2)c(=O)n1CCn1c(C)nc2ccccc21. The highest BCUT2D eigenvalue weighted by atomic mass is 35.5. The molecule has 0 N–H and O–H groups in total. The number of imidazole rings is 1. The first kappa shape index (κ1) is 16.6. The molecule has 26 heavy (non-hydrogen) atoms. The Labute approximate surface area is 155 Å². The van der Waals surface area contributed by atoms with Crippen LogP contribution in [-0.4, -0.2) is 23.9 Å². The van der Waals surface area contributed by atoms with E-state index in [2.05, 4.69) is 14.6 Å². The second kappa shape index (κ2) is 6.46. The first-order chi connectivity index (χ1) is 12.5. The molecule has 0 amide bonds. The van der Waals surface area contributed by atoms with E-state index in [9.17, 15) is 4.79 Å². The lowest BCUT2D eigenvalue weighted by Crippen LogP contribution is -2.26. The normalized spacial score (nSPS) is 11.3. The molecule has 0 radical (unpaired) electrons. The van der Waals surface area contributed by atoms with Crippen molar-refractivity contribution < 1.29 is 0 Å². The van der Waals surface area contributed by atoms with E-state index in [0.29, 0.717) is 29.6 Å². The topological polar surface area (TPSA) is 57.6 Å². The molecule has 0 unspecified atom stereocenters. The van der Waals surface area contributed by atoms with Gasteiger partial charge in [0.2, 0.25) is 0 Å². The van der Waals surface area contributed by atoms with Gasteiger partial charge in [-0.3, -0.25) is 4.57 Å². The predicted molar refractivity (Wildman–Crippen MR) is 102 cm³/mol. The van der Waals surface area contributed by atoms with E-state index in [1.165, 1.54) is 4.68 Å². The summed E-state index contributed by atoms with van der Waals surface area (Å²) in [6.45, 7) is 5.00. The van der Waals surface area contributed by atoms with Gasteiger partial charge in [0.15, 0.2) is 0 Å². The number of hydrogen-bond acceptors (Lipinski definition) is 3. The van der Waals surface area contributed by atoms with Crippen LogP contribution >= 0.6 is 11.6 Å². The van der Waals surface area contributed by atoms with Crippen molar-refractivity contribution in [3.8, 4) is 5.69 Å². The molecule has 2 heterocycles. The van der Waals surface area contributed by atoms with Crippen LogP contribution in [0.4, 0.5) is 0 Å². The van der Waals surface area contributed by atoms with E-state index in [-0.39, 0.29) is 5.69 Å². The molecule has 0 atom stereocenters. The number of para-hydroxylation sites is 2.